The van der Waals surface area contributed by atoms with Gasteiger partial charge in [0, 0.05) is 12.4 Å². The molecule has 0 aliphatic heterocycles. The Morgan fingerprint density at radius 1 is 1.28 bits per heavy atom. The molecule has 0 saturated carbocycles. The summed E-state index contributed by atoms with van der Waals surface area (Å²) < 4.78 is 4.89. The van der Waals surface area contributed by atoms with E-state index in [0.29, 0.717) is 0 Å². The predicted octanol–water partition coefficient (Wildman–Crippen LogP) is 1.06. The van der Waals surface area contributed by atoms with E-state index < -0.39 is 11.9 Å². The second kappa shape index (κ2) is 7.33. The normalized spacial score (nSPS) is 10.2. The van der Waals surface area contributed by atoms with E-state index in [1.165, 1.54) is 18.6 Å². The smallest absolute Gasteiger partial charge is 0.356 e. The molecule has 7 heteroatoms. The van der Waals surface area contributed by atoms with Crippen molar-refractivity contribution in [2.45, 2.75) is 26.4 Å². The average Bonchev–Trinajstić information content (AvgIpc) is 2.27. The summed E-state index contributed by atoms with van der Waals surface area (Å²) in [5.41, 5.74) is -0.379. The van der Waals surface area contributed by atoms with Crippen LogP contribution in [0, 0.1) is 0 Å². The van der Waals surface area contributed by atoms with Gasteiger partial charge in [0.05, 0.1) is 11.8 Å². The molecule has 0 bridgehead atoms. The number of aliphatic carboxylic acids is 1. The van der Waals surface area contributed by atoms with Crippen molar-refractivity contribution in [2.75, 3.05) is 6.61 Å². The van der Waals surface area contributed by atoms with Crippen LogP contribution in [-0.4, -0.2) is 44.3 Å². The molecule has 0 aromatic carbocycles. The maximum Gasteiger partial charge on any atom is 0.356 e. The van der Waals surface area contributed by atoms with Crippen LogP contribution in [0.25, 0.3) is 0 Å². The molecule has 0 aliphatic rings. The molecule has 7 nitrogen and oxygen atoms in total. The van der Waals surface area contributed by atoms with Gasteiger partial charge >= 0.3 is 11.9 Å². The Labute approximate surface area is 104 Å². The number of carboxylic acids is 2. The average molecular weight is 256 g/mol. The zero-order valence-electron chi connectivity index (χ0n) is 10.5. The Morgan fingerprint density at radius 3 is 2.11 bits per heavy atom. The van der Waals surface area contributed by atoms with Gasteiger partial charge in [0.1, 0.15) is 6.61 Å². The van der Waals surface area contributed by atoms with Gasteiger partial charge in [-0.3, -0.25) is 4.98 Å². The summed E-state index contributed by atoms with van der Waals surface area (Å²) in [6, 6.07) is 0. The minimum Gasteiger partial charge on any atom is -0.480 e. The van der Waals surface area contributed by atoms with Gasteiger partial charge < -0.3 is 14.9 Å². The lowest BCUT2D eigenvalue weighted by Crippen LogP contribution is -2.23. The Balaban J connectivity index is 0.000000321. The SMILES string of the molecule is CC(C)(C)OCC(=O)O.O=C(O)c1cnccn1. The van der Waals surface area contributed by atoms with Gasteiger partial charge in [-0.1, -0.05) is 0 Å². The molecular weight excluding hydrogens is 240 g/mol. The number of aromatic nitrogens is 2. The number of nitrogens with zero attached hydrogens (tertiary/aromatic N) is 2. The Morgan fingerprint density at radius 2 is 1.89 bits per heavy atom. The molecule has 0 saturated heterocycles. The molecule has 0 spiro atoms. The molecule has 1 aromatic rings. The van der Waals surface area contributed by atoms with Crippen molar-refractivity contribution in [1.82, 2.24) is 9.97 Å². The van der Waals surface area contributed by atoms with E-state index in [2.05, 4.69) is 9.97 Å². The first-order chi connectivity index (χ1) is 8.22. The summed E-state index contributed by atoms with van der Waals surface area (Å²) in [5.74, 6) is -1.98. The van der Waals surface area contributed by atoms with Crippen LogP contribution in [0.4, 0.5) is 0 Å². The van der Waals surface area contributed by atoms with Crippen LogP contribution >= 0.6 is 0 Å². The lowest BCUT2D eigenvalue weighted by Gasteiger charge is -2.17. The second-order valence-electron chi connectivity index (χ2n) is 4.19. The van der Waals surface area contributed by atoms with Gasteiger partial charge in [-0.05, 0) is 20.8 Å². The number of aromatic carboxylic acids is 1. The van der Waals surface area contributed by atoms with E-state index in [1.807, 2.05) is 20.8 Å². The lowest BCUT2D eigenvalue weighted by molar-refractivity contribution is -0.147. The highest BCUT2D eigenvalue weighted by molar-refractivity contribution is 5.84. The second-order valence-corrected chi connectivity index (χ2v) is 4.19. The number of hydrogen-bond acceptors (Lipinski definition) is 5. The van der Waals surface area contributed by atoms with Gasteiger partial charge in [-0.2, -0.15) is 0 Å². The third-order valence-electron chi connectivity index (χ3n) is 1.41. The molecule has 1 rings (SSSR count). The minimum atomic E-state index is -1.05. The summed E-state index contributed by atoms with van der Waals surface area (Å²) in [6.45, 7) is 5.23. The molecular formula is C11H16N2O5. The van der Waals surface area contributed by atoms with Crippen LogP contribution in [0.2, 0.25) is 0 Å². The number of carboxylic acid groups (broad SMARTS) is 2. The lowest BCUT2D eigenvalue weighted by atomic mass is 10.2. The van der Waals surface area contributed by atoms with Crippen LogP contribution in [0.5, 0.6) is 0 Å². The number of hydrogen-bond donors (Lipinski definition) is 2. The number of carbonyl (C=O) groups is 2. The molecule has 18 heavy (non-hydrogen) atoms. The number of rotatable bonds is 3. The van der Waals surface area contributed by atoms with E-state index >= 15 is 0 Å². The van der Waals surface area contributed by atoms with Crippen molar-refractivity contribution in [3.63, 3.8) is 0 Å². The van der Waals surface area contributed by atoms with E-state index in [-0.39, 0.29) is 17.9 Å². The fourth-order valence-electron chi connectivity index (χ4n) is 0.688. The van der Waals surface area contributed by atoms with Crippen LogP contribution in [0.15, 0.2) is 18.6 Å². The maximum absolute atomic E-state index is 10.1. The summed E-state index contributed by atoms with van der Waals surface area (Å²) in [6.07, 6.45) is 3.96. The standard InChI is InChI=1S/C6H12O3.C5H4N2O2/c1-6(2,3)9-4-5(7)8;8-5(9)4-3-6-1-2-7-4/h4H2,1-3H3,(H,7,8);1-3H,(H,8,9). The van der Waals surface area contributed by atoms with Crippen LogP contribution < -0.4 is 0 Å². The quantitative estimate of drug-likeness (QED) is 0.831. The van der Waals surface area contributed by atoms with Crippen LogP contribution in [0.3, 0.4) is 0 Å². The van der Waals surface area contributed by atoms with Crippen molar-refractivity contribution in [3.05, 3.63) is 24.3 Å². The highest BCUT2D eigenvalue weighted by atomic mass is 16.5. The Hall–Kier alpha value is -2.02. The molecule has 1 aromatic heterocycles. The molecule has 0 fully saturated rings. The topological polar surface area (TPSA) is 110 Å². The predicted molar refractivity (Wildman–Crippen MR) is 62.3 cm³/mol. The van der Waals surface area contributed by atoms with E-state index in [0.717, 1.165) is 0 Å². The third-order valence-corrected chi connectivity index (χ3v) is 1.41. The number of ether oxygens (including phenoxy) is 1. The van der Waals surface area contributed by atoms with Crippen molar-refractivity contribution in [3.8, 4) is 0 Å². The summed E-state index contributed by atoms with van der Waals surface area (Å²) in [5, 5.41) is 16.4. The largest absolute Gasteiger partial charge is 0.480 e. The highest BCUT2D eigenvalue weighted by Gasteiger charge is 2.11. The first kappa shape index (κ1) is 16.0. The van der Waals surface area contributed by atoms with Crippen molar-refractivity contribution >= 4 is 11.9 Å². The maximum atomic E-state index is 10.1. The van der Waals surface area contributed by atoms with Crippen molar-refractivity contribution in [2.24, 2.45) is 0 Å². The Kier molecular flexibility index (Phi) is 6.51. The zero-order valence-corrected chi connectivity index (χ0v) is 10.5. The van der Waals surface area contributed by atoms with Crippen LogP contribution in [0.1, 0.15) is 31.3 Å². The van der Waals surface area contributed by atoms with Crippen molar-refractivity contribution in [1.29, 1.82) is 0 Å². The zero-order chi connectivity index (χ0) is 14.2. The van der Waals surface area contributed by atoms with Crippen LogP contribution in [-0.2, 0) is 9.53 Å². The molecule has 0 amide bonds. The Bertz CT molecular complexity index is 386. The molecule has 0 radical (unpaired) electrons. The van der Waals surface area contributed by atoms with Gasteiger partial charge in [0.2, 0.25) is 0 Å². The molecule has 0 atom stereocenters. The van der Waals surface area contributed by atoms with Gasteiger partial charge in [0.25, 0.3) is 0 Å². The first-order valence-electron chi connectivity index (χ1n) is 5.07. The summed E-state index contributed by atoms with van der Waals surface area (Å²) in [4.78, 5) is 27.1. The first-order valence-corrected chi connectivity index (χ1v) is 5.07. The van der Waals surface area contributed by atoms with Gasteiger partial charge in [-0.15, -0.1) is 0 Å². The minimum absolute atomic E-state index is 0.0301. The monoisotopic (exact) mass is 256 g/mol. The fourth-order valence-corrected chi connectivity index (χ4v) is 0.688. The fraction of sp³-hybridized carbons (Fsp3) is 0.455. The molecule has 100 valence electrons. The molecule has 0 unspecified atom stereocenters. The van der Waals surface area contributed by atoms with E-state index in [9.17, 15) is 9.59 Å². The van der Waals surface area contributed by atoms with Gasteiger partial charge in [0.15, 0.2) is 5.69 Å². The van der Waals surface area contributed by atoms with E-state index in [1.54, 1.807) is 0 Å². The molecule has 0 aliphatic carbocycles. The van der Waals surface area contributed by atoms with Crippen molar-refractivity contribution < 1.29 is 24.5 Å². The summed E-state index contributed by atoms with van der Waals surface area (Å²) in [7, 11) is 0. The highest BCUT2D eigenvalue weighted by Crippen LogP contribution is 2.05. The van der Waals surface area contributed by atoms with E-state index in [4.69, 9.17) is 14.9 Å². The van der Waals surface area contributed by atoms with Gasteiger partial charge in [-0.25, -0.2) is 14.6 Å². The molecule has 2 N–H and O–H groups in total. The third kappa shape index (κ3) is 9.22. The molecule has 1 heterocycles. The summed E-state index contributed by atoms with van der Waals surface area (Å²) >= 11 is 0.